The maximum Gasteiger partial charge on any atom is 0.264 e. The van der Waals surface area contributed by atoms with Crippen LogP contribution in [0.2, 0.25) is 0 Å². The fraction of sp³-hybridized carbons (Fsp3) is 0.625. The molecular weight excluding hydrogens is 269 g/mol. The molecule has 1 aromatic rings. The molecule has 0 N–H and O–H groups in total. The fourth-order valence-corrected chi connectivity index (χ4v) is 0.996. The minimum atomic E-state index is 0.0421. The lowest BCUT2D eigenvalue weighted by molar-refractivity contribution is 0.305. The SMILES string of the molecule is CCC(C)(C)c1cc(OI)no1. The van der Waals surface area contributed by atoms with Gasteiger partial charge in [0.25, 0.3) is 5.88 Å². The second kappa shape index (κ2) is 3.64. The number of aromatic nitrogens is 1. The molecule has 1 aromatic heterocycles. The van der Waals surface area contributed by atoms with Gasteiger partial charge in [0.05, 0.1) is 0 Å². The van der Waals surface area contributed by atoms with Crippen molar-refractivity contribution in [2.75, 3.05) is 0 Å². The Kier molecular flexibility index (Phi) is 2.98. The van der Waals surface area contributed by atoms with Crippen molar-refractivity contribution in [2.45, 2.75) is 32.6 Å². The van der Waals surface area contributed by atoms with Crippen molar-refractivity contribution in [2.24, 2.45) is 0 Å². The second-order valence-corrected chi connectivity index (χ2v) is 3.78. The number of hydrogen-bond acceptors (Lipinski definition) is 3. The van der Waals surface area contributed by atoms with Gasteiger partial charge in [0.2, 0.25) is 0 Å². The van der Waals surface area contributed by atoms with Crippen LogP contribution in [0.5, 0.6) is 5.88 Å². The number of halogens is 1. The zero-order valence-electron chi connectivity index (χ0n) is 7.43. The lowest BCUT2D eigenvalue weighted by atomic mass is 9.87. The molecule has 0 aliphatic carbocycles. The number of nitrogens with zero attached hydrogens (tertiary/aromatic N) is 1. The zero-order valence-corrected chi connectivity index (χ0v) is 9.58. The van der Waals surface area contributed by atoms with Crippen molar-refractivity contribution in [3.05, 3.63) is 11.8 Å². The van der Waals surface area contributed by atoms with E-state index < -0.39 is 0 Å². The standard InChI is InChI=1S/C8H12INO2/c1-4-8(2,3)6-5-7(11-9)10-12-6/h5H,4H2,1-3H3. The van der Waals surface area contributed by atoms with E-state index in [9.17, 15) is 0 Å². The van der Waals surface area contributed by atoms with Gasteiger partial charge in [-0.15, -0.1) is 0 Å². The number of hydrogen-bond donors (Lipinski definition) is 0. The van der Waals surface area contributed by atoms with Crippen molar-refractivity contribution in [1.29, 1.82) is 0 Å². The lowest BCUT2D eigenvalue weighted by Crippen LogP contribution is -2.13. The molecular formula is C8H12INO2. The van der Waals surface area contributed by atoms with Gasteiger partial charge >= 0.3 is 0 Å². The smallest absolute Gasteiger partial charge is 0.264 e. The Morgan fingerprint density at radius 1 is 1.67 bits per heavy atom. The maximum atomic E-state index is 5.13. The van der Waals surface area contributed by atoms with Gasteiger partial charge in [0.1, 0.15) is 5.76 Å². The molecule has 0 unspecified atom stereocenters. The summed E-state index contributed by atoms with van der Waals surface area (Å²) in [5.74, 6) is 1.41. The first-order valence-corrected chi connectivity index (χ1v) is 4.74. The molecule has 0 fully saturated rings. The summed E-state index contributed by atoms with van der Waals surface area (Å²) in [5.41, 5.74) is 0.0421. The molecule has 1 heterocycles. The normalized spacial score (nSPS) is 11.7. The maximum absolute atomic E-state index is 5.13. The molecule has 0 atom stereocenters. The summed E-state index contributed by atoms with van der Waals surface area (Å²) < 4.78 is 10.0. The summed E-state index contributed by atoms with van der Waals surface area (Å²) in [6.45, 7) is 6.35. The van der Waals surface area contributed by atoms with Crippen LogP contribution in [0.25, 0.3) is 0 Å². The molecule has 0 saturated carbocycles. The Balaban J connectivity index is 2.88. The lowest BCUT2D eigenvalue weighted by Gasteiger charge is -2.17. The highest BCUT2D eigenvalue weighted by atomic mass is 127. The van der Waals surface area contributed by atoms with Gasteiger partial charge in [0, 0.05) is 11.5 Å². The van der Waals surface area contributed by atoms with E-state index in [2.05, 4.69) is 25.9 Å². The van der Waals surface area contributed by atoms with E-state index in [-0.39, 0.29) is 5.41 Å². The molecule has 0 saturated heterocycles. The third-order valence-corrected chi connectivity index (χ3v) is 2.57. The predicted molar refractivity (Wildman–Crippen MR) is 54.5 cm³/mol. The molecule has 4 heteroatoms. The van der Waals surface area contributed by atoms with Gasteiger partial charge in [-0.25, -0.2) is 0 Å². The van der Waals surface area contributed by atoms with Crippen LogP contribution in [0, 0.1) is 0 Å². The first kappa shape index (κ1) is 9.83. The highest BCUT2D eigenvalue weighted by molar-refractivity contribution is 14.1. The summed E-state index contributed by atoms with van der Waals surface area (Å²) in [4.78, 5) is 0. The average Bonchev–Trinajstić information content (AvgIpc) is 2.52. The first-order valence-electron chi connectivity index (χ1n) is 3.86. The summed E-state index contributed by atoms with van der Waals surface area (Å²) in [6.07, 6.45) is 1.02. The molecule has 0 aliphatic heterocycles. The first-order chi connectivity index (χ1) is 5.60. The highest BCUT2D eigenvalue weighted by Gasteiger charge is 2.23. The van der Waals surface area contributed by atoms with Crippen molar-refractivity contribution in [3.8, 4) is 5.88 Å². The molecule has 0 bridgehead atoms. The van der Waals surface area contributed by atoms with Crippen LogP contribution in [0.1, 0.15) is 33.0 Å². The van der Waals surface area contributed by atoms with Crippen LogP contribution in [0.3, 0.4) is 0 Å². The molecule has 0 aromatic carbocycles. The van der Waals surface area contributed by atoms with E-state index in [0.717, 1.165) is 12.2 Å². The van der Waals surface area contributed by atoms with Crippen LogP contribution in [0.15, 0.2) is 10.6 Å². The zero-order chi connectivity index (χ0) is 9.19. The fourth-order valence-electron chi connectivity index (χ4n) is 0.789. The Bertz CT molecular complexity index is 257. The Morgan fingerprint density at radius 3 is 2.75 bits per heavy atom. The van der Waals surface area contributed by atoms with Crippen LogP contribution < -0.4 is 3.07 Å². The van der Waals surface area contributed by atoms with E-state index in [1.54, 1.807) is 23.0 Å². The van der Waals surface area contributed by atoms with E-state index in [1.807, 2.05) is 6.07 Å². The van der Waals surface area contributed by atoms with Crippen LogP contribution in [-0.4, -0.2) is 5.16 Å². The molecule has 0 radical (unpaired) electrons. The highest BCUT2D eigenvalue weighted by Crippen LogP contribution is 2.29. The molecule has 0 spiro atoms. The second-order valence-electron chi connectivity index (χ2n) is 3.34. The minimum absolute atomic E-state index is 0.0421. The Hall–Kier alpha value is -0.260. The number of rotatable bonds is 3. The molecule has 1 rings (SSSR count). The molecule has 12 heavy (non-hydrogen) atoms. The van der Waals surface area contributed by atoms with Crippen LogP contribution >= 0.6 is 23.0 Å². The van der Waals surface area contributed by atoms with Gasteiger partial charge < -0.3 is 7.59 Å². The van der Waals surface area contributed by atoms with E-state index in [4.69, 9.17) is 7.59 Å². The summed E-state index contributed by atoms with van der Waals surface area (Å²) in [5, 5.41) is 3.74. The van der Waals surface area contributed by atoms with Crippen molar-refractivity contribution >= 4 is 23.0 Å². The Morgan fingerprint density at radius 2 is 2.33 bits per heavy atom. The summed E-state index contributed by atoms with van der Waals surface area (Å²) in [7, 11) is 0. The van der Waals surface area contributed by atoms with Crippen molar-refractivity contribution < 1.29 is 7.59 Å². The minimum Gasteiger partial charge on any atom is -0.405 e. The van der Waals surface area contributed by atoms with Crippen molar-refractivity contribution in [3.63, 3.8) is 0 Å². The summed E-state index contributed by atoms with van der Waals surface area (Å²) in [6, 6.07) is 1.83. The van der Waals surface area contributed by atoms with Gasteiger partial charge in [-0.3, -0.25) is 0 Å². The van der Waals surface area contributed by atoms with E-state index >= 15 is 0 Å². The van der Waals surface area contributed by atoms with Gasteiger partial charge in [-0.2, -0.15) is 0 Å². The van der Waals surface area contributed by atoms with Crippen LogP contribution in [0.4, 0.5) is 0 Å². The topological polar surface area (TPSA) is 35.3 Å². The van der Waals surface area contributed by atoms with Gasteiger partial charge in [0.15, 0.2) is 23.0 Å². The van der Waals surface area contributed by atoms with Gasteiger partial charge in [-0.05, 0) is 11.6 Å². The third-order valence-electron chi connectivity index (χ3n) is 2.12. The van der Waals surface area contributed by atoms with E-state index in [0.29, 0.717) is 5.88 Å². The largest absolute Gasteiger partial charge is 0.405 e. The Labute approximate surface area is 86.1 Å². The van der Waals surface area contributed by atoms with Crippen LogP contribution in [-0.2, 0) is 5.41 Å². The van der Waals surface area contributed by atoms with Gasteiger partial charge in [-0.1, -0.05) is 20.8 Å². The molecule has 0 amide bonds. The molecule has 0 aliphatic rings. The monoisotopic (exact) mass is 281 g/mol. The quantitative estimate of drug-likeness (QED) is 0.798. The van der Waals surface area contributed by atoms with Crippen molar-refractivity contribution in [1.82, 2.24) is 5.16 Å². The van der Waals surface area contributed by atoms with E-state index in [1.165, 1.54) is 0 Å². The molecule has 68 valence electrons. The third kappa shape index (κ3) is 1.91. The summed E-state index contributed by atoms with van der Waals surface area (Å²) >= 11 is 1.78. The predicted octanol–water partition coefficient (Wildman–Crippen LogP) is 3.09. The molecule has 3 nitrogen and oxygen atoms in total. The average molecular weight is 281 g/mol.